The van der Waals surface area contributed by atoms with Gasteiger partial charge in [-0.15, -0.1) is 0 Å². The van der Waals surface area contributed by atoms with Gasteiger partial charge in [0.15, 0.2) is 0 Å². The molecule has 1 N–H and O–H groups in total. The monoisotopic (exact) mass is 210 g/mol. The maximum absolute atomic E-state index is 11.8. The second-order valence-corrected chi connectivity index (χ2v) is 4.77. The fourth-order valence-corrected chi connectivity index (χ4v) is 2.69. The van der Waals surface area contributed by atoms with Crippen molar-refractivity contribution in [2.24, 2.45) is 5.92 Å². The van der Waals surface area contributed by atoms with Crippen LogP contribution in [-0.2, 0) is 9.59 Å². The van der Waals surface area contributed by atoms with Gasteiger partial charge in [0.25, 0.3) is 0 Å². The molecule has 1 saturated heterocycles. The number of piperazine rings is 1. The zero-order valence-electron chi connectivity index (χ0n) is 9.32. The number of rotatable bonds is 1. The van der Waals surface area contributed by atoms with Crippen molar-refractivity contribution >= 4 is 11.8 Å². The molecule has 0 aromatic carbocycles. The summed E-state index contributed by atoms with van der Waals surface area (Å²) in [6.45, 7) is 4.20. The molecule has 2 rings (SSSR count). The van der Waals surface area contributed by atoms with Crippen LogP contribution in [0.5, 0.6) is 0 Å². The summed E-state index contributed by atoms with van der Waals surface area (Å²) >= 11 is 0. The Hall–Kier alpha value is -1.06. The molecule has 0 spiro atoms. The van der Waals surface area contributed by atoms with E-state index in [1.54, 1.807) is 4.90 Å². The molecule has 2 aliphatic rings. The van der Waals surface area contributed by atoms with Crippen LogP contribution in [0.2, 0.25) is 0 Å². The number of amides is 2. The molecule has 1 aliphatic heterocycles. The number of carbonyl (C=O) groups is 2. The van der Waals surface area contributed by atoms with Crippen LogP contribution in [0.3, 0.4) is 0 Å². The third kappa shape index (κ3) is 1.85. The van der Waals surface area contributed by atoms with Crippen molar-refractivity contribution in [1.82, 2.24) is 10.2 Å². The van der Waals surface area contributed by atoms with Crippen LogP contribution in [0.1, 0.15) is 33.1 Å². The summed E-state index contributed by atoms with van der Waals surface area (Å²) in [6, 6.07) is -0.00454. The third-order valence-electron chi connectivity index (χ3n) is 3.56. The van der Waals surface area contributed by atoms with Crippen LogP contribution < -0.4 is 5.32 Å². The molecular weight excluding hydrogens is 192 g/mol. The molecule has 2 fully saturated rings. The van der Waals surface area contributed by atoms with Gasteiger partial charge in [-0.3, -0.25) is 9.59 Å². The predicted molar refractivity (Wildman–Crippen MR) is 56.1 cm³/mol. The van der Waals surface area contributed by atoms with Gasteiger partial charge >= 0.3 is 0 Å². The van der Waals surface area contributed by atoms with Crippen LogP contribution in [-0.4, -0.2) is 35.3 Å². The minimum atomic E-state index is -0.290. The van der Waals surface area contributed by atoms with Crippen molar-refractivity contribution in [2.45, 2.75) is 45.2 Å². The second kappa shape index (κ2) is 3.83. The van der Waals surface area contributed by atoms with Gasteiger partial charge in [0, 0.05) is 6.04 Å². The van der Waals surface area contributed by atoms with Crippen molar-refractivity contribution < 1.29 is 9.59 Å². The maximum Gasteiger partial charge on any atom is 0.242 e. The molecule has 1 saturated carbocycles. The second-order valence-electron chi connectivity index (χ2n) is 4.77. The average Bonchev–Trinajstić information content (AvgIpc) is 2.59. The van der Waals surface area contributed by atoms with Crippen LogP contribution in [0.4, 0.5) is 0 Å². The van der Waals surface area contributed by atoms with E-state index < -0.39 is 0 Å². The smallest absolute Gasteiger partial charge is 0.242 e. The number of nitrogens with zero attached hydrogens (tertiary/aromatic N) is 1. The first-order valence-electron chi connectivity index (χ1n) is 5.68. The van der Waals surface area contributed by atoms with Crippen LogP contribution in [0.15, 0.2) is 0 Å². The van der Waals surface area contributed by atoms with Gasteiger partial charge in [0.1, 0.15) is 6.04 Å². The fraction of sp³-hybridized carbons (Fsp3) is 0.818. The van der Waals surface area contributed by atoms with E-state index in [1.807, 2.05) is 6.92 Å². The summed E-state index contributed by atoms with van der Waals surface area (Å²) in [7, 11) is 0. The van der Waals surface area contributed by atoms with E-state index in [1.165, 1.54) is 6.42 Å². The Labute approximate surface area is 90.0 Å². The lowest BCUT2D eigenvalue weighted by Gasteiger charge is -2.37. The number of hydrogen-bond donors (Lipinski definition) is 1. The molecule has 3 unspecified atom stereocenters. The van der Waals surface area contributed by atoms with Crippen LogP contribution in [0.25, 0.3) is 0 Å². The molecule has 4 nitrogen and oxygen atoms in total. The molecule has 1 aliphatic carbocycles. The van der Waals surface area contributed by atoms with Crippen LogP contribution in [0, 0.1) is 5.92 Å². The van der Waals surface area contributed by atoms with E-state index in [-0.39, 0.29) is 30.4 Å². The topological polar surface area (TPSA) is 49.4 Å². The van der Waals surface area contributed by atoms with Gasteiger partial charge in [-0.1, -0.05) is 6.92 Å². The van der Waals surface area contributed by atoms with Crippen molar-refractivity contribution in [1.29, 1.82) is 0 Å². The molecule has 15 heavy (non-hydrogen) atoms. The Bertz CT molecular complexity index is 290. The number of hydrogen-bond acceptors (Lipinski definition) is 2. The Balaban J connectivity index is 2.11. The summed E-state index contributed by atoms with van der Waals surface area (Å²) < 4.78 is 0. The van der Waals surface area contributed by atoms with Crippen LogP contribution >= 0.6 is 0 Å². The van der Waals surface area contributed by atoms with Crippen molar-refractivity contribution in [3.63, 3.8) is 0 Å². The summed E-state index contributed by atoms with van der Waals surface area (Å²) in [5, 5.41) is 2.62. The molecule has 0 aromatic rings. The minimum absolute atomic E-state index is 0.0193. The summed E-state index contributed by atoms with van der Waals surface area (Å²) in [4.78, 5) is 25.0. The highest BCUT2D eigenvalue weighted by atomic mass is 16.2. The van der Waals surface area contributed by atoms with Gasteiger partial charge in [-0.05, 0) is 32.1 Å². The SMILES string of the molecule is CC1CCC(N2C(=O)CNC(=O)C2C)C1. The number of nitrogens with one attached hydrogen (secondary N) is 1. The molecule has 0 aromatic heterocycles. The van der Waals surface area contributed by atoms with Crippen molar-refractivity contribution in [2.75, 3.05) is 6.54 Å². The molecule has 0 radical (unpaired) electrons. The van der Waals surface area contributed by atoms with Gasteiger partial charge in [-0.2, -0.15) is 0 Å². The zero-order chi connectivity index (χ0) is 11.0. The minimum Gasteiger partial charge on any atom is -0.345 e. The van der Waals surface area contributed by atoms with E-state index in [2.05, 4.69) is 12.2 Å². The molecule has 1 heterocycles. The van der Waals surface area contributed by atoms with E-state index in [4.69, 9.17) is 0 Å². The summed E-state index contributed by atoms with van der Waals surface area (Å²) in [5.74, 6) is 0.732. The van der Waals surface area contributed by atoms with Crippen molar-refractivity contribution in [3.05, 3.63) is 0 Å². The van der Waals surface area contributed by atoms with Crippen molar-refractivity contribution in [3.8, 4) is 0 Å². The highest BCUT2D eigenvalue weighted by molar-refractivity contribution is 5.94. The Morgan fingerprint density at radius 2 is 2.00 bits per heavy atom. The first-order valence-corrected chi connectivity index (χ1v) is 5.68. The highest BCUT2D eigenvalue weighted by Crippen LogP contribution is 2.30. The lowest BCUT2D eigenvalue weighted by Crippen LogP contribution is -2.59. The van der Waals surface area contributed by atoms with E-state index in [0.717, 1.165) is 12.8 Å². The van der Waals surface area contributed by atoms with E-state index in [0.29, 0.717) is 5.92 Å². The Morgan fingerprint density at radius 3 is 2.60 bits per heavy atom. The molecule has 3 atom stereocenters. The Morgan fingerprint density at radius 1 is 1.27 bits per heavy atom. The standard InChI is InChI=1S/C11H18N2O2/c1-7-3-4-9(5-7)13-8(2)11(15)12-6-10(13)14/h7-9H,3-6H2,1-2H3,(H,12,15). The van der Waals surface area contributed by atoms with E-state index >= 15 is 0 Å². The largest absolute Gasteiger partial charge is 0.345 e. The zero-order valence-corrected chi connectivity index (χ0v) is 9.32. The molecule has 0 bridgehead atoms. The van der Waals surface area contributed by atoms with E-state index in [9.17, 15) is 9.59 Å². The highest BCUT2D eigenvalue weighted by Gasteiger charge is 2.38. The Kier molecular flexibility index (Phi) is 2.67. The third-order valence-corrected chi connectivity index (χ3v) is 3.56. The van der Waals surface area contributed by atoms with Gasteiger partial charge in [0.2, 0.25) is 11.8 Å². The van der Waals surface area contributed by atoms with Gasteiger partial charge in [0.05, 0.1) is 6.54 Å². The first-order chi connectivity index (χ1) is 7.09. The van der Waals surface area contributed by atoms with Gasteiger partial charge in [-0.25, -0.2) is 0 Å². The lowest BCUT2D eigenvalue weighted by molar-refractivity contribution is -0.147. The molecular formula is C11H18N2O2. The molecule has 4 heteroatoms. The first kappa shape index (κ1) is 10.5. The lowest BCUT2D eigenvalue weighted by atomic mass is 10.1. The fourth-order valence-electron chi connectivity index (χ4n) is 2.69. The number of carbonyl (C=O) groups excluding carboxylic acids is 2. The normalized spacial score (nSPS) is 36.9. The summed E-state index contributed by atoms with van der Waals surface area (Å²) in [5.41, 5.74) is 0. The predicted octanol–water partition coefficient (Wildman–Crippen LogP) is 0.522. The molecule has 2 amide bonds. The quantitative estimate of drug-likeness (QED) is 0.686. The molecule has 84 valence electrons. The maximum atomic E-state index is 11.8. The van der Waals surface area contributed by atoms with Gasteiger partial charge < -0.3 is 10.2 Å². The summed E-state index contributed by atoms with van der Waals surface area (Å²) in [6.07, 6.45) is 3.26. The average molecular weight is 210 g/mol.